The van der Waals surface area contributed by atoms with Crippen molar-refractivity contribution < 1.29 is 47.9 Å². The van der Waals surface area contributed by atoms with Gasteiger partial charge in [-0.05, 0) is 33.1 Å². The van der Waals surface area contributed by atoms with Gasteiger partial charge in [0, 0.05) is 25.1 Å². The zero-order valence-electron chi connectivity index (χ0n) is 25.9. The van der Waals surface area contributed by atoms with E-state index >= 15 is 0 Å². The molecule has 0 atom stereocenters. The molecule has 12 heteroatoms. The third kappa shape index (κ3) is 19.6. The van der Waals surface area contributed by atoms with Crippen LogP contribution < -0.4 is 5.32 Å². The Labute approximate surface area is 245 Å². The highest BCUT2D eigenvalue weighted by atomic mass is 16.6. The van der Waals surface area contributed by atoms with Gasteiger partial charge in [0.1, 0.15) is 11.4 Å². The molecule has 41 heavy (non-hydrogen) atoms. The summed E-state index contributed by atoms with van der Waals surface area (Å²) in [4.78, 5) is 28.2. The van der Waals surface area contributed by atoms with Gasteiger partial charge in [0.15, 0.2) is 5.78 Å². The molecule has 1 amide bonds. The Kier molecular flexibility index (Phi) is 18.7. The number of hydrogen-bond acceptors (Lipinski definition) is 11. The van der Waals surface area contributed by atoms with Gasteiger partial charge >= 0.3 is 6.09 Å². The van der Waals surface area contributed by atoms with Gasteiger partial charge in [-0.3, -0.25) is 9.79 Å². The van der Waals surface area contributed by atoms with Crippen LogP contribution >= 0.6 is 0 Å². The van der Waals surface area contributed by atoms with Crippen molar-refractivity contribution in [3.8, 4) is 0 Å². The molecule has 0 radical (unpaired) electrons. The fourth-order valence-corrected chi connectivity index (χ4v) is 3.80. The number of rotatable bonds is 22. The summed E-state index contributed by atoms with van der Waals surface area (Å²) >= 11 is 0. The summed E-state index contributed by atoms with van der Waals surface area (Å²) in [6, 6.07) is 0. The van der Waals surface area contributed by atoms with Crippen molar-refractivity contribution in [1.29, 1.82) is 0 Å². The second kappa shape index (κ2) is 20.7. The summed E-state index contributed by atoms with van der Waals surface area (Å²) in [5, 5.41) is 12.9. The Bertz CT molecular complexity index is 821. The largest absolute Gasteiger partial charge is 0.511 e. The van der Waals surface area contributed by atoms with Crippen molar-refractivity contribution in [2.75, 3.05) is 92.4 Å². The SMILES string of the molecule is CC(=NCCOCCOCCOCCOCCOCCOCCNC(=O)OC(C)(C)C)C1=C(O)CC(C)(C)CC1=O. The summed E-state index contributed by atoms with van der Waals surface area (Å²) in [5.41, 5.74) is 0.187. The molecule has 0 aliphatic heterocycles. The second-order valence-electron chi connectivity index (χ2n) is 11.3. The van der Waals surface area contributed by atoms with E-state index in [0.717, 1.165) is 0 Å². The highest BCUT2D eigenvalue weighted by molar-refractivity contribution is 6.22. The minimum absolute atomic E-state index is 0.0568. The zero-order chi connectivity index (χ0) is 30.6. The summed E-state index contributed by atoms with van der Waals surface area (Å²) in [6.07, 6.45) is 0.440. The Morgan fingerprint density at radius 1 is 0.805 bits per heavy atom. The first-order valence-corrected chi connectivity index (χ1v) is 14.3. The number of aliphatic hydroxyl groups is 1. The number of Topliss-reactive ketones (excluding diaryl/α,β-unsaturated/α-hetero) is 1. The van der Waals surface area contributed by atoms with Gasteiger partial charge < -0.3 is 43.6 Å². The molecule has 0 aromatic carbocycles. The van der Waals surface area contributed by atoms with E-state index in [2.05, 4.69) is 10.3 Å². The van der Waals surface area contributed by atoms with Crippen LogP contribution in [0.3, 0.4) is 0 Å². The average molecular weight is 589 g/mol. The third-order valence-corrected chi connectivity index (χ3v) is 5.57. The van der Waals surface area contributed by atoms with Crippen LogP contribution in [-0.2, 0) is 38.0 Å². The van der Waals surface area contributed by atoms with E-state index in [0.29, 0.717) is 116 Å². The van der Waals surface area contributed by atoms with Crippen LogP contribution in [-0.4, -0.2) is 121 Å². The molecule has 0 fully saturated rings. The third-order valence-electron chi connectivity index (χ3n) is 5.57. The molecule has 238 valence electrons. The van der Waals surface area contributed by atoms with Gasteiger partial charge in [-0.1, -0.05) is 13.8 Å². The van der Waals surface area contributed by atoms with Crippen molar-refractivity contribution in [2.24, 2.45) is 10.4 Å². The first-order valence-electron chi connectivity index (χ1n) is 14.3. The first kappa shape index (κ1) is 36.9. The van der Waals surface area contributed by atoms with Crippen LogP contribution in [0.25, 0.3) is 0 Å². The molecule has 0 saturated carbocycles. The Balaban J connectivity index is 1.83. The molecule has 0 bridgehead atoms. The van der Waals surface area contributed by atoms with Crippen molar-refractivity contribution in [3.05, 3.63) is 11.3 Å². The van der Waals surface area contributed by atoms with Crippen LogP contribution in [0.2, 0.25) is 0 Å². The number of carbonyl (C=O) groups is 2. The highest BCUT2D eigenvalue weighted by Crippen LogP contribution is 2.36. The van der Waals surface area contributed by atoms with Crippen molar-refractivity contribution in [1.82, 2.24) is 5.32 Å². The number of amides is 1. The molecule has 0 aromatic heterocycles. The van der Waals surface area contributed by atoms with Crippen molar-refractivity contribution in [2.45, 2.75) is 60.0 Å². The number of ketones is 1. The van der Waals surface area contributed by atoms with Crippen LogP contribution in [0.5, 0.6) is 0 Å². The lowest BCUT2D eigenvalue weighted by atomic mass is 9.76. The van der Waals surface area contributed by atoms with E-state index in [9.17, 15) is 14.7 Å². The van der Waals surface area contributed by atoms with Gasteiger partial charge in [0.25, 0.3) is 0 Å². The van der Waals surface area contributed by atoms with E-state index in [1.165, 1.54) is 0 Å². The molecule has 1 rings (SSSR count). The standard InChI is InChI=1S/C29H52N2O10/c1-23(26-24(32)21-29(5,6)22-25(26)33)30-7-9-35-11-13-37-15-17-39-19-20-40-18-16-38-14-12-36-10-8-31-27(34)41-28(2,3)4/h32H,7-22H2,1-6H3,(H,31,34). The maximum Gasteiger partial charge on any atom is 0.407 e. The van der Waals surface area contributed by atoms with Crippen LogP contribution in [0.15, 0.2) is 16.3 Å². The Hall–Kier alpha value is -2.09. The van der Waals surface area contributed by atoms with Gasteiger partial charge in [-0.25, -0.2) is 4.79 Å². The maximum absolute atomic E-state index is 12.3. The summed E-state index contributed by atoms with van der Waals surface area (Å²) in [6.45, 7) is 17.3. The lowest BCUT2D eigenvalue weighted by Crippen LogP contribution is -2.34. The minimum atomic E-state index is -0.515. The molecule has 0 unspecified atom stereocenters. The molecular weight excluding hydrogens is 536 g/mol. The number of aliphatic hydroxyl groups excluding tert-OH is 1. The molecule has 0 saturated heterocycles. The number of hydrogen-bond donors (Lipinski definition) is 2. The number of alkyl carbamates (subject to hydrolysis) is 1. The Morgan fingerprint density at radius 3 is 1.68 bits per heavy atom. The number of carbonyl (C=O) groups excluding carboxylic acids is 2. The number of ether oxygens (including phenoxy) is 7. The maximum atomic E-state index is 12.3. The van der Waals surface area contributed by atoms with Crippen molar-refractivity contribution >= 4 is 17.6 Å². The van der Waals surface area contributed by atoms with Gasteiger partial charge in [0.05, 0.1) is 91.4 Å². The van der Waals surface area contributed by atoms with E-state index in [-0.39, 0.29) is 17.0 Å². The number of nitrogens with one attached hydrogen (secondary N) is 1. The van der Waals surface area contributed by atoms with E-state index in [1.54, 1.807) is 6.92 Å². The molecule has 0 heterocycles. The topological polar surface area (TPSA) is 143 Å². The molecule has 0 spiro atoms. The fraction of sp³-hybridized carbons (Fsp3) is 0.828. The summed E-state index contributed by atoms with van der Waals surface area (Å²) < 4.78 is 37.8. The summed E-state index contributed by atoms with van der Waals surface area (Å²) in [7, 11) is 0. The van der Waals surface area contributed by atoms with Gasteiger partial charge in [0.2, 0.25) is 0 Å². The van der Waals surface area contributed by atoms with Crippen LogP contribution in [0, 0.1) is 5.41 Å². The molecular formula is C29H52N2O10. The van der Waals surface area contributed by atoms with Crippen LogP contribution in [0.1, 0.15) is 54.4 Å². The number of nitrogens with zero attached hydrogens (tertiary/aromatic N) is 1. The smallest absolute Gasteiger partial charge is 0.407 e. The fourth-order valence-electron chi connectivity index (χ4n) is 3.80. The quantitative estimate of drug-likeness (QED) is 0.143. The minimum Gasteiger partial charge on any atom is -0.511 e. The predicted molar refractivity (Wildman–Crippen MR) is 155 cm³/mol. The highest BCUT2D eigenvalue weighted by Gasteiger charge is 2.33. The molecule has 12 nitrogen and oxygen atoms in total. The molecule has 2 N–H and O–H groups in total. The lowest BCUT2D eigenvalue weighted by molar-refractivity contribution is -0.117. The van der Waals surface area contributed by atoms with E-state index in [1.807, 2.05) is 34.6 Å². The number of allylic oxidation sites excluding steroid dienone is 2. The molecule has 1 aliphatic carbocycles. The van der Waals surface area contributed by atoms with E-state index < -0.39 is 11.7 Å². The van der Waals surface area contributed by atoms with Crippen LogP contribution in [0.4, 0.5) is 4.79 Å². The number of aliphatic imine (C=N–C) groups is 1. The first-order chi connectivity index (χ1) is 19.4. The predicted octanol–water partition coefficient (Wildman–Crippen LogP) is 3.27. The van der Waals surface area contributed by atoms with Gasteiger partial charge in [-0.2, -0.15) is 0 Å². The molecule has 0 aromatic rings. The second-order valence-corrected chi connectivity index (χ2v) is 11.3. The summed E-state index contributed by atoms with van der Waals surface area (Å²) in [5.74, 6) is 0.0738. The normalized spacial score (nSPS) is 15.9. The average Bonchev–Trinajstić information content (AvgIpc) is 2.84. The molecule has 1 aliphatic rings. The van der Waals surface area contributed by atoms with Gasteiger partial charge in [-0.15, -0.1) is 0 Å². The Morgan fingerprint density at radius 2 is 1.24 bits per heavy atom. The zero-order valence-corrected chi connectivity index (χ0v) is 25.9. The lowest BCUT2D eigenvalue weighted by Gasteiger charge is -2.29. The van der Waals surface area contributed by atoms with Crippen molar-refractivity contribution in [3.63, 3.8) is 0 Å². The monoisotopic (exact) mass is 588 g/mol. The van der Waals surface area contributed by atoms with E-state index in [4.69, 9.17) is 33.2 Å².